The van der Waals surface area contributed by atoms with Gasteiger partial charge in [-0.15, -0.1) is 0 Å². The van der Waals surface area contributed by atoms with Crippen molar-refractivity contribution in [2.45, 2.75) is 25.3 Å². The molecule has 3 rings (SSSR count). The molecule has 4 nitrogen and oxygen atoms in total. The largest absolute Gasteiger partial charge is 0.322 e. The normalized spacial score (nSPS) is 21.3. The van der Waals surface area contributed by atoms with Crippen molar-refractivity contribution in [3.05, 3.63) is 29.6 Å². The van der Waals surface area contributed by atoms with E-state index in [1.165, 1.54) is 6.07 Å². The summed E-state index contributed by atoms with van der Waals surface area (Å²) in [6, 6.07) is 5.08. The maximum Gasteiger partial charge on any atom is 0.322 e. The lowest BCUT2D eigenvalue weighted by atomic mass is 10.0. The summed E-state index contributed by atoms with van der Waals surface area (Å²) in [6.45, 7) is 2.68. The van der Waals surface area contributed by atoms with E-state index >= 15 is 0 Å². The molecule has 1 aromatic rings. The predicted molar refractivity (Wildman–Crippen MR) is 76.3 cm³/mol. The maximum absolute atomic E-state index is 13.8. The van der Waals surface area contributed by atoms with E-state index < -0.39 is 0 Å². The van der Waals surface area contributed by atoms with Gasteiger partial charge in [-0.25, -0.2) is 9.18 Å². The number of para-hydroxylation sites is 1. The second-order valence-electron chi connectivity index (χ2n) is 5.68. The molecule has 0 unspecified atom stereocenters. The monoisotopic (exact) mass is 277 g/mol. The van der Waals surface area contributed by atoms with Crippen LogP contribution >= 0.6 is 0 Å². The van der Waals surface area contributed by atoms with Crippen molar-refractivity contribution in [1.82, 2.24) is 9.80 Å². The Morgan fingerprint density at radius 1 is 1.25 bits per heavy atom. The molecule has 0 aromatic heterocycles. The summed E-state index contributed by atoms with van der Waals surface area (Å²) in [5.41, 5.74) is 1.24. The first-order chi connectivity index (χ1) is 9.65. The highest BCUT2D eigenvalue weighted by atomic mass is 19.1. The Hall–Kier alpha value is -1.62. The van der Waals surface area contributed by atoms with Crippen LogP contribution in [0, 0.1) is 5.82 Å². The molecule has 1 fully saturated rings. The highest BCUT2D eigenvalue weighted by molar-refractivity contribution is 5.91. The molecule has 1 N–H and O–H groups in total. The lowest BCUT2D eigenvalue weighted by molar-refractivity contribution is 0.141. The lowest BCUT2D eigenvalue weighted by Gasteiger charge is -2.36. The number of hydrogen-bond donors (Lipinski definition) is 1. The van der Waals surface area contributed by atoms with Gasteiger partial charge in [0.1, 0.15) is 5.82 Å². The van der Waals surface area contributed by atoms with E-state index in [2.05, 4.69) is 17.3 Å². The van der Waals surface area contributed by atoms with Gasteiger partial charge in [0.05, 0.1) is 5.69 Å². The zero-order chi connectivity index (χ0) is 14.1. The molecule has 5 heteroatoms. The van der Waals surface area contributed by atoms with Gasteiger partial charge in [0.15, 0.2) is 0 Å². The number of benzene rings is 1. The van der Waals surface area contributed by atoms with Crippen LogP contribution in [-0.4, -0.2) is 48.6 Å². The van der Waals surface area contributed by atoms with Crippen molar-refractivity contribution in [1.29, 1.82) is 0 Å². The fourth-order valence-electron chi connectivity index (χ4n) is 3.09. The number of piperidine rings is 1. The number of halogens is 1. The first kappa shape index (κ1) is 13.4. The SMILES string of the molecule is CN1CCC(N2CCc3cccc(F)c3NC2=O)CC1. The molecule has 0 bridgehead atoms. The predicted octanol–water partition coefficient (Wildman–Crippen LogP) is 2.31. The van der Waals surface area contributed by atoms with E-state index in [1.807, 2.05) is 11.0 Å². The lowest BCUT2D eigenvalue weighted by Crippen LogP contribution is -2.48. The standard InChI is InChI=1S/C15H20FN3O/c1-18-8-6-12(7-9-18)19-10-5-11-3-2-4-13(16)14(11)17-15(19)20/h2-4,12H,5-10H2,1H3,(H,17,20). The minimum atomic E-state index is -0.346. The van der Waals surface area contributed by atoms with Gasteiger partial charge >= 0.3 is 6.03 Å². The van der Waals surface area contributed by atoms with Crippen molar-refractivity contribution >= 4 is 11.7 Å². The smallest absolute Gasteiger partial charge is 0.321 e. The third-order valence-electron chi connectivity index (χ3n) is 4.34. The van der Waals surface area contributed by atoms with E-state index in [0.29, 0.717) is 18.7 Å². The molecule has 0 spiro atoms. The molecule has 1 aromatic carbocycles. The fourth-order valence-corrected chi connectivity index (χ4v) is 3.09. The number of rotatable bonds is 1. The zero-order valence-corrected chi connectivity index (χ0v) is 11.7. The average Bonchev–Trinajstić information content (AvgIpc) is 2.60. The summed E-state index contributed by atoms with van der Waals surface area (Å²) < 4.78 is 13.8. The first-order valence-electron chi connectivity index (χ1n) is 7.18. The molecule has 0 radical (unpaired) electrons. The number of amides is 2. The minimum absolute atomic E-state index is 0.164. The molecule has 0 aliphatic carbocycles. The molecule has 108 valence electrons. The van der Waals surface area contributed by atoms with Crippen molar-refractivity contribution in [2.75, 3.05) is 32.0 Å². The van der Waals surface area contributed by atoms with Crippen LogP contribution < -0.4 is 5.32 Å². The van der Waals surface area contributed by atoms with Crippen LogP contribution in [0.4, 0.5) is 14.9 Å². The highest BCUT2D eigenvalue weighted by Gasteiger charge is 2.29. The second kappa shape index (κ2) is 5.40. The van der Waals surface area contributed by atoms with Gasteiger partial charge in [-0.3, -0.25) is 0 Å². The summed E-state index contributed by atoms with van der Waals surface area (Å²) in [7, 11) is 2.10. The summed E-state index contributed by atoms with van der Waals surface area (Å²) in [6.07, 6.45) is 2.68. The van der Waals surface area contributed by atoms with E-state index in [4.69, 9.17) is 0 Å². The quantitative estimate of drug-likeness (QED) is 0.855. The van der Waals surface area contributed by atoms with Crippen molar-refractivity contribution < 1.29 is 9.18 Å². The summed E-state index contributed by atoms with van der Waals surface area (Å²) in [4.78, 5) is 16.5. The number of nitrogens with one attached hydrogen (secondary N) is 1. The van der Waals surface area contributed by atoms with Crippen molar-refractivity contribution in [3.8, 4) is 0 Å². The molecule has 2 amide bonds. The Kier molecular flexibility index (Phi) is 3.61. The van der Waals surface area contributed by atoms with Gasteiger partial charge in [-0.05, 0) is 51.0 Å². The van der Waals surface area contributed by atoms with Crippen LogP contribution in [-0.2, 0) is 6.42 Å². The Morgan fingerprint density at radius 3 is 2.75 bits per heavy atom. The summed E-state index contributed by atoms with van der Waals surface area (Å²) >= 11 is 0. The molecule has 2 aliphatic heterocycles. The number of carbonyl (C=O) groups excluding carboxylic acids is 1. The zero-order valence-electron chi connectivity index (χ0n) is 11.7. The Bertz CT molecular complexity index is 512. The van der Waals surface area contributed by atoms with E-state index in [0.717, 1.165) is 31.5 Å². The maximum atomic E-state index is 13.8. The van der Waals surface area contributed by atoms with Crippen LogP contribution in [0.15, 0.2) is 18.2 Å². The van der Waals surface area contributed by atoms with Gasteiger partial charge in [0.2, 0.25) is 0 Å². The number of hydrogen-bond acceptors (Lipinski definition) is 2. The second-order valence-corrected chi connectivity index (χ2v) is 5.68. The van der Waals surface area contributed by atoms with Gasteiger partial charge in [0.25, 0.3) is 0 Å². The number of anilines is 1. The molecule has 1 saturated heterocycles. The number of likely N-dealkylation sites (tertiary alicyclic amines) is 1. The average molecular weight is 277 g/mol. The molecule has 0 atom stereocenters. The Balaban J connectivity index is 1.77. The fraction of sp³-hybridized carbons (Fsp3) is 0.533. The summed E-state index contributed by atoms with van der Waals surface area (Å²) in [5.74, 6) is -0.346. The van der Waals surface area contributed by atoms with Gasteiger partial charge in [0, 0.05) is 12.6 Å². The van der Waals surface area contributed by atoms with E-state index in [1.54, 1.807) is 6.07 Å². The van der Waals surface area contributed by atoms with E-state index in [9.17, 15) is 9.18 Å². The minimum Gasteiger partial charge on any atom is -0.321 e. The highest BCUT2D eigenvalue weighted by Crippen LogP contribution is 2.26. The van der Waals surface area contributed by atoms with Crippen molar-refractivity contribution in [3.63, 3.8) is 0 Å². The third-order valence-corrected chi connectivity index (χ3v) is 4.34. The van der Waals surface area contributed by atoms with Crippen LogP contribution in [0.5, 0.6) is 0 Å². The van der Waals surface area contributed by atoms with Gasteiger partial charge < -0.3 is 15.1 Å². The number of carbonyl (C=O) groups is 1. The molecule has 20 heavy (non-hydrogen) atoms. The summed E-state index contributed by atoms with van der Waals surface area (Å²) in [5, 5.41) is 2.75. The van der Waals surface area contributed by atoms with Crippen LogP contribution in [0.25, 0.3) is 0 Å². The molecular formula is C15H20FN3O. The first-order valence-corrected chi connectivity index (χ1v) is 7.18. The third kappa shape index (κ3) is 2.50. The van der Waals surface area contributed by atoms with Crippen LogP contribution in [0.3, 0.4) is 0 Å². The molecule has 0 saturated carbocycles. The topological polar surface area (TPSA) is 35.6 Å². The Morgan fingerprint density at radius 2 is 2.00 bits per heavy atom. The Labute approximate surface area is 118 Å². The number of nitrogens with zero attached hydrogens (tertiary/aromatic N) is 2. The van der Waals surface area contributed by atoms with Gasteiger partial charge in [-0.1, -0.05) is 12.1 Å². The van der Waals surface area contributed by atoms with Crippen LogP contribution in [0.1, 0.15) is 18.4 Å². The van der Waals surface area contributed by atoms with E-state index in [-0.39, 0.29) is 17.9 Å². The molecular weight excluding hydrogens is 257 g/mol. The molecule has 2 heterocycles. The van der Waals surface area contributed by atoms with Crippen LogP contribution in [0.2, 0.25) is 0 Å². The molecule has 2 aliphatic rings. The van der Waals surface area contributed by atoms with Gasteiger partial charge in [-0.2, -0.15) is 0 Å². The number of fused-ring (bicyclic) bond motifs is 1. The number of urea groups is 1. The van der Waals surface area contributed by atoms with Crippen molar-refractivity contribution in [2.24, 2.45) is 0 Å².